The summed E-state index contributed by atoms with van der Waals surface area (Å²) < 4.78 is 21.1. The Morgan fingerprint density at radius 1 is 0.985 bits per heavy atom. The molecule has 66 heavy (non-hydrogen) atoms. The van der Waals surface area contributed by atoms with Crippen LogP contribution in [0.15, 0.2) is 114 Å². The molecule has 0 aromatic heterocycles. The summed E-state index contributed by atoms with van der Waals surface area (Å²) in [7, 11) is 0. The highest BCUT2D eigenvalue weighted by atomic mass is 16.7. The van der Waals surface area contributed by atoms with Gasteiger partial charge in [0.15, 0.2) is 0 Å². The zero-order valence-electron chi connectivity index (χ0n) is 38.1. The fourth-order valence-corrected chi connectivity index (χ4v) is 10.0. The molecule has 13 nitrogen and oxygen atoms in total. The van der Waals surface area contributed by atoms with Gasteiger partial charge < -0.3 is 34.2 Å². The average molecular weight is 897 g/mol. The Morgan fingerprint density at radius 3 is 2.36 bits per heavy atom. The van der Waals surface area contributed by atoms with Crippen LogP contribution in [-0.4, -0.2) is 69.8 Å². The molecule has 13 heteroatoms. The highest BCUT2D eigenvalue weighted by Gasteiger charge is 2.65. The molecule has 2 aliphatic carbocycles. The first kappa shape index (κ1) is 47.6. The van der Waals surface area contributed by atoms with Crippen molar-refractivity contribution in [2.24, 2.45) is 22.9 Å². The van der Waals surface area contributed by atoms with Crippen LogP contribution in [0.2, 0.25) is 0 Å². The molecule has 1 saturated carbocycles. The predicted octanol–water partition coefficient (Wildman–Crippen LogP) is 10.3. The fourth-order valence-electron chi connectivity index (χ4n) is 10.0. The first-order valence-electron chi connectivity index (χ1n) is 23.1. The highest BCUT2D eigenvalue weighted by Crippen LogP contribution is 2.62. The molecular formula is C53H60N4O9. The van der Waals surface area contributed by atoms with E-state index in [1.807, 2.05) is 42.2 Å². The number of fused-ring (bicyclic) bond motifs is 2. The van der Waals surface area contributed by atoms with Crippen LogP contribution in [0.1, 0.15) is 102 Å². The monoisotopic (exact) mass is 896 g/mol. The summed E-state index contributed by atoms with van der Waals surface area (Å²) in [5.41, 5.74) is 6.21. The SMILES string of the molecule is C=CCO[C@@]12Oc3ccc(Oc4ccc(C)c(C)c4)cc3[C@H]3[C@H](CCCCO)[C@@H](CCCCO)C=C(C(=NOCc4ccc([N+](=O)[O-])cc4)C[C@@H]1N(CCC)C(=O)c1ccc(C#N)cc1)[C@H]32. The number of non-ortho nitro benzene ring substituents is 1. The highest BCUT2D eigenvalue weighted by molar-refractivity contribution is 6.03. The molecule has 2 N–H and O–H groups in total. The van der Waals surface area contributed by atoms with E-state index < -0.39 is 22.7 Å². The molecule has 6 atom stereocenters. The van der Waals surface area contributed by atoms with Gasteiger partial charge in [-0.2, -0.15) is 5.26 Å². The van der Waals surface area contributed by atoms with Crippen LogP contribution < -0.4 is 9.47 Å². The van der Waals surface area contributed by atoms with Gasteiger partial charge in [0, 0.05) is 55.4 Å². The average Bonchev–Trinajstić information content (AvgIpc) is 3.32. The number of amides is 1. The lowest BCUT2D eigenvalue weighted by Crippen LogP contribution is -2.70. The number of unbranched alkanes of at least 4 members (excludes halogenated alkanes) is 2. The van der Waals surface area contributed by atoms with Crippen molar-refractivity contribution in [3.63, 3.8) is 0 Å². The molecule has 1 amide bonds. The van der Waals surface area contributed by atoms with Gasteiger partial charge in [-0.05, 0) is 147 Å². The largest absolute Gasteiger partial charge is 0.459 e. The van der Waals surface area contributed by atoms with E-state index in [9.17, 15) is 25.6 Å². The number of benzene rings is 4. The molecule has 4 aromatic carbocycles. The number of nitrogens with zero attached hydrogens (tertiary/aromatic N) is 4. The van der Waals surface area contributed by atoms with Crippen molar-refractivity contribution in [3.05, 3.63) is 153 Å². The van der Waals surface area contributed by atoms with E-state index in [1.165, 1.54) is 12.1 Å². The van der Waals surface area contributed by atoms with E-state index in [0.29, 0.717) is 65.5 Å². The number of hydrogen-bond donors (Lipinski definition) is 2. The summed E-state index contributed by atoms with van der Waals surface area (Å²) in [6.07, 6.45) is 9.15. The number of carbonyl (C=O) groups is 1. The maximum absolute atomic E-state index is 15.0. The molecule has 4 aromatic rings. The summed E-state index contributed by atoms with van der Waals surface area (Å²) in [4.78, 5) is 34.0. The summed E-state index contributed by atoms with van der Waals surface area (Å²) in [6.45, 7) is 10.8. The minimum atomic E-state index is -1.46. The van der Waals surface area contributed by atoms with Crippen molar-refractivity contribution in [3.8, 4) is 23.3 Å². The van der Waals surface area contributed by atoms with Crippen LogP contribution in [0, 0.1) is 53.0 Å². The zero-order valence-corrected chi connectivity index (χ0v) is 38.1. The maximum atomic E-state index is 15.0. The van der Waals surface area contributed by atoms with E-state index in [1.54, 1.807) is 42.5 Å². The Labute approximate surface area is 387 Å². The number of rotatable bonds is 21. The summed E-state index contributed by atoms with van der Waals surface area (Å²) in [5.74, 6) is -0.554. The summed E-state index contributed by atoms with van der Waals surface area (Å²) in [5, 5.41) is 45.9. The van der Waals surface area contributed by atoms with Crippen molar-refractivity contribution in [1.29, 1.82) is 5.26 Å². The summed E-state index contributed by atoms with van der Waals surface area (Å²) >= 11 is 0. The third-order valence-corrected chi connectivity index (χ3v) is 13.3. The van der Waals surface area contributed by atoms with Crippen molar-refractivity contribution >= 4 is 17.3 Å². The lowest BCUT2D eigenvalue weighted by molar-refractivity contribution is -0.384. The lowest BCUT2D eigenvalue weighted by Gasteiger charge is -2.60. The Morgan fingerprint density at radius 2 is 1.70 bits per heavy atom. The number of nitriles is 1. The molecule has 1 fully saturated rings. The number of nitro benzene ring substituents is 1. The Kier molecular flexibility index (Phi) is 15.7. The molecule has 1 heterocycles. The standard InChI is InChI=1S/C53H60N4O9/c1-5-25-56(52(60)39-18-14-37(33-54)15-19-39)49-32-47(55-64-34-38-16-20-41(21-17-38)57(61)62)45-30-40(11-7-9-26-58)44(12-8-10-27-59)50-46-31-43(65-42-22-13-35(3)36(4)29-42)23-24-48(46)66-53(49,51(45)50)63-28-6-2/h6,13-24,29-31,40,44,49-51,58-59H,2,5,7-12,25-28,32,34H2,1,3-4H3/t40-,44+,49-,50+,51+,53+/m0/s1. The van der Waals surface area contributed by atoms with Crippen molar-refractivity contribution in [2.75, 3.05) is 26.4 Å². The van der Waals surface area contributed by atoms with E-state index in [0.717, 1.165) is 47.9 Å². The van der Waals surface area contributed by atoms with Crippen LogP contribution in [0.4, 0.5) is 5.69 Å². The van der Waals surface area contributed by atoms with E-state index in [4.69, 9.17) is 24.2 Å². The zero-order chi connectivity index (χ0) is 46.8. The molecule has 0 unspecified atom stereocenters. The second kappa shape index (κ2) is 21.8. The van der Waals surface area contributed by atoms with Gasteiger partial charge in [0.05, 0.1) is 34.8 Å². The van der Waals surface area contributed by atoms with Crippen molar-refractivity contribution < 1.29 is 39.0 Å². The molecule has 3 aliphatic rings. The molecule has 0 spiro atoms. The number of hydrogen-bond acceptors (Lipinski definition) is 11. The Balaban J connectivity index is 1.44. The van der Waals surface area contributed by atoms with Crippen LogP contribution >= 0.6 is 0 Å². The summed E-state index contributed by atoms with van der Waals surface area (Å²) in [6, 6.07) is 26.1. The molecular weight excluding hydrogens is 837 g/mol. The van der Waals surface area contributed by atoms with Crippen molar-refractivity contribution in [2.45, 2.75) is 96.5 Å². The van der Waals surface area contributed by atoms with Gasteiger partial charge in [0.25, 0.3) is 11.6 Å². The molecule has 0 radical (unpaired) electrons. The third-order valence-electron chi connectivity index (χ3n) is 13.3. The van der Waals surface area contributed by atoms with Gasteiger partial charge in [0.2, 0.25) is 5.79 Å². The Bertz CT molecular complexity index is 2460. The first-order valence-corrected chi connectivity index (χ1v) is 23.1. The predicted molar refractivity (Wildman–Crippen MR) is 251 cm³/mol. The number of carbonyl (C=O) groups excluding carboxylic acids is 1. The molecule has 1 aliphatic heterocycles. The Hall–Kier alpha value is -6.33. The number of oxime groups is 1. The maximum Gasteiger partial charge on any atom is 0.269 e. The van der Waals surface area contributed by atoms with E-state index in [-0.39, 0.29) is 62.2 Å². The molecule has 7 rings (SSSR count). The van der Waals surface area contributed by atoms with Gasteiger partial charge in [0.1, 0.15) is 29.9 Å². The quantitative estimate of drug-likeness (QED) is 0.0354. The molecule has 0 bridgehead atoms. The topological polar surface area (TPSA) is 177 Å². The van der Waals surface area contributed by atoms with Crippen LogP contribution in [-0.2, 0) is 16.2 Å². The number of aliphatic hydroxyl groups excluding tert-OH is 2. The number of ether oxygens (including phenoxy) is 3. The normalized spacial score (nSPS) is 22.2. The third kappa shape index (κ3) is 10.2. The second-order valence-corrected chi connectivity index (χ2v) is 17.5. The molecule has 346 valence electrons. The van der Waals surface area contributed by atoms with Gasteiger partial charge in [-0.1, -0.05) is 43.1 Å². The number of aliphatic hydroxyl groups is 2. The number of nitro groups is 1. The van der Waals surface area contributed by atoms with E-state index >= 15 is 4.79 Å². The van der Waals surface area contributed by atoms with Gasteiger partial charge in [-0.25, -0.2) is 0 Å². The first-order chi connectivity index (χ1) is 32.0. The van der Waals surface area contributed by atoms with Crippen LogP contribution in [0.5, 0.6) is 17.2 Å². The van der Waals surface area contributed by atoms with Crippen LogP contribution in [0.3, 0.4) is 0 Å². The van der Waals surface area contributed by atoms with Gasteiger partial charge >= 0.3 is 0 Å². The second-order valence-electron chi connectivity index (χ2n) is 17.5. The molecule has 0 saturated heterocycles. The van der Waals surface area contributed by atoms with Crippen LogP contribution in [0.25, 0.3) is 0 Å². The fraction of sp³-hybridized carbons (Fsp3) is 0.415. The van der Waals surface area contributed by atoms with Gasteiger partial charge in [-0.15, -0.1) is 6.58 Å². The number of aryl methyl sites for hydroxylation is 2. The number of allylic oxidation sites excluding steroid dienone is 1. The van der Waals surface area contributed by atoms with Crippen molar-refractivity contribution in [1.82, 2.24) is 4.90 Å². The van der Waals surface area contributed by atoms with Gasteiger partial charge in [-0.3, -0.25) is 14.9 Å². The minimum Gasteiger partial charge on any atom is -0.459 e. The minimum absolute atomic E-state index is 0.00472. The lowest BCUT2D eigenvalue weighted by atomic mass is 9.55. The smallest absolute Gasteiger partial charge is 0.269 e. The van der Waals surface area contributed by atoms with E-state index in [2.05, 4.69) is 38.6 Å².